The number of hydrogen-bond acceptors (Lipinski definition) is 5. The van der Waals surface area contributed by atoms with Gasteiger partial charge in [-0.2, -0.15) is 0 Å². The SMILES string of the molecule is CC(C)(C)OC(=O)Cc1ccc([C@@H](NC(=O)OC(C)(C)C)C(=O)S)cc1. The number of benzene rings is 1. The minimum absolute atomic E-state index is 0.122. The molecule has 0 bridgehead atoms. The molecule has 0 saturated carbocycles. The van der Waals surface area contributed by atoms with Gasteiger partial charge in [-0.15, -0.1) is 12.6 Å². The Bertz CT molecular complexity index is 656. The van der Waals surface area contributed by atoms with Crippen LogP contribution in [0.5, 0.6) is 0 Å². The summed E-state index contributed by atoms with van der Waals surface area (Å²) >= 11 is 3.84. The van der Waals surface area contributed by atoms with Gasteiger partial charge in [0.2, 0.25) is 5.12 Å². The molecule has 1 aromatic carbocycles. The molecule has 1 rings (SSSR count). The van der Waals surface area contributed by atoms with Crippen LogP contribution >= 0.6 is 12.6 Å². The fraction of sp³-hybridized carbons (Fsp3) is 0.526. The Kier molecular flexibility index (Phi) is 7.26. The number of nitrogens with one attached hydrogen (secondary N) is 1. The van der Waals surface area contributed by atoms with Crippen LogP contribution in [0.4, 0.5) is 4.79 Å². The average molecular weight is 381 g/mol. The molecule has 1 atom stereocenters. The van der Waals surface area contributed by atoms with Gasteiger partial charge in [0.15, 0.2) is 0 Å². The lowest BCUT2D eigenvalue weighted by Crippen LogP contribution is -2.37. The Balaban J connectivity index is 2.81. The molecular weight excluding hydrogens is 354 g/mol. The third-order valence-electron chi connectivity index (χ3n) is 2.99. The first-order chi connectivity index (χ1) is 11.8. The molecule has 0 heterocycles. The maximum Gasteiger partial charge on any atom is 0.408 e. The highest BCUT2D eigenvalue weighted by molar-refractivity contribution is 7.96. The van der Waals surface area contributed by atoms with Gasteiger partial charge in [-0.05, 0) is 52.7 Å². The van der Waals surface area contributed by atoms with Crippen molar-refractivity contribution in [2.75, 3.05) is 0 Å². The number of alkyl carbamates (subject to hydrolysis) is 1. The molecule has 0 unspecified atom stereocenters. The molecule has 0 aliphatic rings. The summed E-state index contributed by atoms with van der Waals surface area (Å²) in [4.78, 5) is 35.6. The lowest BCUT2D eigenvalue weighted by Gasteiger charge is -2.22. The number of ether oxygens (including phenoxy) is 2. The summed E-state index contributed by atoms with van der Waals surface area (Å²) in [5.74, 6) is -0.334. The standard InChI is InChI=1S/C19H27NO5S/c1-18(2,3)24-14(21)11-12-7-9-13(10-8-12)15(16(22)26)20-17(23)25-19(4,5)6/h7-10,15H,11H2,1-6H3,(H,20,23)(H,22,26)/t15-/m1/s1. The van der Waals surface area contributed by atoms with Crippen LogP contribution in [0.1, 0.15) is 58.7 Å². The van der Waals surface area contributed by atoms with Crippen molar-refractivity contribution in [3.63, 3.8) is 0 Å². The van der Waals surface area contributed by atoms with Gasteiger partial charge in [0.1, 0.15) is 17.2 Å². The summed E-state index contributed by atoms with van der Waals surface area (Å²) in [5, 5.41) is 1.98. The quantitative estimate of drug-likeness (QED) is 0.602. The van der Waals surface area contributed by atoms with E-state index in [0.29, 0.717) is 5.56 Å². The minimum atomic E-state index is -0.941. The fourth-order valence-electron chi connectivity index (χ4n) is 2.09. The second-order valence-corrected chi connectivity index (χ2v) is 8.36. The lowest BCUT2D eigenvalue weighted by molar-refractivity contribution is -0.153. The van der Waals surface area contributed by atoms with Crippen molar-refractivity contribution < 1.29 is 23.9 Å². The molecule has 0 saturated heterocycles. The highest BCUT2D eigenvalue weighted by atomic mass is 32.1. The average Bonchev–Trinajstić information content (AvgIpc) is 2.41. The van der Waals surface area contributed by atoms with Crippen molar-refractivity contribution in [3.8, 4) is 0 Å². The van der Waals surface area contributed by atoms with Crippen LogP contribution in [-0.4, -0.2) is 28.4 Å². The van der Waals surface area contributed by atoms with E-state index in [2.05, 4.69) is 17.9 Å². The van der Waals surface area contributed by atoms with Gasteiger partial charge in [-0.25, -0.2) is 4.79 Å². The van der Waals surface area contributed by atoms with Crippen molar-refractivity contribution in [1.82, 2.24) is 5.32 Å². The number of carbonyl (C=O) groups is 3. The highest BCUT2D eigenvalue weighted by Crippen LogP contribution is 2.19. The van der Waals surface area contributed by atoms with E-state index in [4.69, 9.17) is 9.47 Å². The molecule has 7 heteroatoms. The lowest BCUT2D eigenvalue weighted by atomic mass is 10.0. The van der Waals surface area contributed by atoms with Crippen LogP contribution in [0.15, 0.2) is 24.3 Å². The summed E-state index contributed by atoms with van der Waals surface area (Å²) in [5.41, 5.74) is 0.0677. The summed E-state index contributed by atoms with van der Waals surface area (Å²) in [6.07, 6.45) is -0.584. The number of carbonyl (C=O) groups excluding carboxylic acids is 3. The van der Waals surface area contributed by atoms with Gasteiger partial charge >= 0.3 is 12.1 Å². The highest BCUT2D eigenvalue weighted by Gasteiger charge is 2.24. The zero-order valence-corrected chi connectivity index (χ0v) is 17.0. The van der Waals surface area contributed by atoms with E-state index in [9.17, 15) is 14.4 Å². The Morgan fingerprint density at radius 3 is 1.88 bits per heavy atom. The molecule has 1 aromatic rings. The van der Waals surface area contributed by atoms with Crippen molar-refractivity contribution in [3.05, 3.63) is 35.4 Å². The predicted molar refractivity (Wildman–Crippen MR) is 102 cm³/mol. The fourth-order valence-corrected chi connectivity index (χ4v) is 2.30. The molecule has 6 nitrogen and oxygen atoms in total. The second-order valence-electron chi connectivity index (χ2n) is 7.92. The van der Waals surface area contributed by atoms with E-state index >= 15 is 0 Å². The van der Waals surface area contributed by atoms with Gasteiger partial charge in [-0.3, -0.25) is 9.59 Å². The monoisotopic (exact) mass is 381 g/mol. The summed E-state index contributed by atoms with van der Waals surface area (Å²) in [6, 6.07) is 5.80. The molecule has 0 spiro atoms. The van der Waals surface area contributed by atoms with Crippen molar-refractivity contribution >= 4 is 29.8 Å². The Morgan fingerprint density at radius 1 is 0.962 bits per heavy atom. The molecule has 1 amide bonds. The van der Waals surface area contributed by atoms with Crippen molar-refractivity contribution in [2.45, 2.75) is 65.2 Å². The van der Waals surface area contributed by atoms with Gasteiger partial charge in [-0.1, -0.05) is 24.3 Å². The molecule has 144 valence electrons. The summed E-state index contributed by atoms with van der Waals surface area (Å²) in [6.45, 7) is 10.6. The van der Waals surface area contributed by atoms with Gasteiger partial charge in [0.05, 0.1) is 6.42 Å². The second kappa shape index (κ2) is 8.58. The van der Waals surface area contributed by atoms with Gasteiger partial charge in [0, 0.05) is 0 Å². The first-order valence-corrected chi connectivity index (χ1v) is 8.74. The molecule has 0 aromatic heterocycles. The van der Waals surface area contributed by atoms with Gasteiger partial charge < -0.3 is 14.8 Å². The Hall–Kier alpha value is -2.02. The van der Waals surface area contributed by atoms with Gasteiger partial charge in [0.25, 0.3) is 0 Å². The summed E-state index contributed by atoms with van der Waals surface area (Å²) in [7, 11) is 0. The predicted octanol–water partition coefficient (Wildman–Crippen LogP) is 3.59. The number of rotatable bonds is 5. The van der Waals surface area contributed by atoms with Crippen LogP contribution in [0.3, 0.4) is 0 Å². The number of amides is 1. The Morgan fingerprint density at radius 2 is 1.46 bits per heavy atom. The maximum atomic E-state index is 11.9. The van der Waals surface area contributed by atoms with Crippen LogP contribution in [0.25, 0.3) is 0 Å². The summed E-state index contributed by atoms with van der Waals surface area (Å²) < 4.78 is 10.4. The van der Waals surface area contributed by atoms with E-state index < -0.39 is 28.5 Å². The molecule has 0 aliphatic heterocycles. The van der Waals surface area contributed by atoms with Crippen molar-refractivity contribution in [1.29, 1.82) is 0 Å². The largest absolute Gasteiger partial charge is 0.460 e. The minimum Gasteiger partial charge on any atom is -0.460 e. The molecule has 1 N–H and O–H groups in total. The first kappa shape index (κ1) is 22.0. The third kappa shape index (κ3) is 8.38. The van der Waals surface area contributed by atoms with E-state index in [1.807, 2.05) is 0 Å². The molecule has 0 fully saturated rings. The van der Waals surface area contributed by atoms with Crippen LogP contribution < -0.4 is 5.32 Å². The topological polar surface area (TPSA) is 81.7 Å². The van der Waals surface area contributed by atoms with E-state index in [0.717, 1.165) is 5.56 Å². The number of esters is 1. The van der Waals surface area contributed by atoms with Crippen molar-refractivity contribution in [2.24, 2.45) is 0 Å². The van der Waals surface area contributed by atoms with E-state index in [-0.39, 0.29) is 12.4 Å². The van der Waals surface area contributed by atoms with Crippen LogP contribution in [0.2, 0.25) is 0 Å². The van der Waals surface area contributed by atoms with E-state index in [1.165, 1.54) is 0 Å². The molecule has 0 radical (unpaired) electrons. The zero-order valence-electron chi connectivity index (χ0n) is 16.1. The molecule has 26 heavy (non-hydrogen) atoms. The zero-order chi connectivity index (χ0) is 20.1. The molecule has 0 aliphatic carbocycles. The Labute approximate surface area is 160 Å². The first-order valence-electron chi connectivity index (χ1n) is 8.30. The molecular formula is C19H27NO5S. The number of hydrogen-bond donors (Lipinski definition) is 2. The maximum absolute atomic E-state index is 11.9. The van der Waals surface area contributed by atoms with Crippen LogP contribution in [0, 0.1) is 0 Å². The van der Waals surface area contributed by atoms with Crippen LogP contribution in [-0.2, 0) is 25.5 Å². The smallest absolute Gasteiger partial charge is 0.408 e. The third-order valence-corrected chi connectivity index (χ3v) is 3.25. The van der Waals surface area contributed by atoms with E-state index in [1.54, 1.807) is 65.8 Å². The number of thiol groups is 1. The normalized spacial score (nSPS) is 12.9.